The fraction of sp³-hybridized carbons (Fsp3) is 0.292. The van der Waals surface area contributed by atoms with Gasteiger partial charge in [0.1, 0.15) is 16.9 Å². The molecule has 0 saturated carbocycles. The van der Waals surface area contributed by atoms with Crippen molar-refractivity contribution in [3.63, 3.8) is 0 Å². The normalized spacial score (nSPS) is 16.1. The molecule has 1 aliphatic rings. The Bertz CT molecular complexity index is 1420. The van der Waals surface area contributed by atoms with Gasteiger partial charge in [-0.3, -0.25) is 9.48 Å². The highest BCUT2D eigenvalue weighted by molar-refractivity contribution is 7.99. The maximum Gasteiger partial charge on any atom is 0.219 e. The second-order valence-electron chi connectivity index (χ2n) is 8.32. The SMILES string of the molecule is CC(=O)N1CCC[C@H](n2ncc(-c3cc(Sc4ccc(F)cn4)c4c(C#N)cnn4c3)c2C)C1. The third-order valence-electron chi connectivity index (χ3n) is 6.16. The third kappa shape index (κ3) is 4.03. The van der Waals surface area contributed by atoms with Crippen molar-refractivity contribution in [2.75, 3.05) is 13.1 Å². The van der Waals surface area contributed by atoms with Gasteiger partial charge in [0.15, 0.2) is 0 Å². The largest absolute Gasteiger partial charge is 0.341 e. The molecule has 8 nitrogen and oxygen atoms in total. The molecule has 1 amide bonds. The van der Waals surface area contributed by atoms with E-state index in [2.05, 4.69) is 21.3 Å². The Morgan fingerprint density at radius 1 is 1.26 bits per heavy atom. The number of rotatable bonds is 4. The summed E-state index contributed by atoms with van der Waals surface area (Å²) in [7, 11) is 0. The molecular weight excluding hydrogens is 453 g/mol. The summed E-state index contributed by atoms with van der Waals surface area (Å²) >= 11 is 1.35. The van der Waals surface area contributed by atoms with Crippen LogP contribution in [0.4, 0.5) is 4.39 Å². The van der Waals surface area contributed by atoms with Gasteiger partial charge >= 0.3 is 0 Å². The predicted molar refractivity (Wildman–Crippen MR) is 125 cm³/mol. The molecule has 0 bridgehead atoms. The number of carbonyl (C=O) groups is 1. The molecule has 4 aromatic rings. The molecular formula is C24H22FN7OS. The van der Waals surface area contributed by atoms with Crippen LogP contribution in [0.15, 0.2) is 52.9 Å². The van der Waals surface area contributed by atoms with Crippen molar-refractivity contribution in [2.45, 2.75) is 42.7 Å². The minimum Gasteiger partial charge on any atom is -0.341 e. The molecule has 0 N–H and O–H groups in total. The zero-order valence-electron chi connectivity index (χ0n) is 18.8. The summed E-state index contributed by atoms with van der Waals surface area (Å²) in [5.41, 5.74) is 3.97. The second-order valence-corrected chi connectivity index (χ2v) is 9.38. The maximum absolute atomic E-state index is 13.3. The fourth-order valence-electron chi connectivity index (χ4n) is 4.44. The molecule has 1 aliphatic heterocycles. The lowest BCUT2D eigenvalue weighted by molar-refractivity contribution is -0.130. The van der Waals surface area contributed by atoms with E-state index in [0.29, 0.717) is 22.7 Å². The molecule has 172 valence electrons. The van der Waals surface area contributed by atoms with Gasteiger partial charge in [-0.1, -0.05) is 11.8 Å². The van der Waals surface area contributed by atoms with Gasteiger partial charge in [0.05, 0.1) is 35.7 Å². The van der Waals surface area contributed by atoms with Crippen LogP contribution in [0.2, 0.25) is 0 Å². The van der Waals surface area contributed by atoms with Gasteiger partial charge in [0.2, 0.25) is 5.91 Å². The first-order valence-corrected chi connectivity index (χ1v) is 11.8. The number of hydrogen-bond acceptors (Lipinski definition) is 6. The molecule has 1 saturated heterocycles. The number of amides is 1. The average Bonchev–Trinajstić information content (AvgIpc) is 3.44. The molecule has 0 radical (unpaired) electrons. The molecule has 5 rings (SSSR count). The Morgan fingerprint density at radius 3 is 2.85 bits per heavy atom. The summed E-state index contributed by atoms with van der Waals surface area (Å²) in [6, 6.07) is 7.28. The molecule has 0 unspecified atom stereocenters. The first-order valence-electron chi connectivity index (χ1n) is 11.0. The smallest absolute Gasteiger partial charge is 0.219 e. The van der Waals surface area contributed by atoms with Crippen molar-refractivity contribution in [3.05, 3.63) is 60.1 Å². The molecule has 0 spiro atoms. The number of pyridine rings is 2. The summed E-state index contributed by atoms with van der Waals surface area (Å²) in [5, 5.41) is 19.2. The number of halogens is 1. The summed E-state index contributed by atoms with van der Waals surface area (Å²) in [4.78, 5) is 18.7. The van der Waals surface area contributed by atoms with Crippen LogP contribution < -0.4 is 0 Å². The van der Waals surface area contributed by atoms with Crippen molar-refractivity contribution >= 4 is 23.2 Å². The number of hydrogen-bond donors (Lipinski definition) is 0. The first kappa shape index (κ1) is 22.1. The van der Waals surface area contributed by atoms with E-state index in [1.54, 1.807) is 17.5 Å². The lowest BCUT2D eigenvalue weighted by atomic mass is 10.0. The Labute approximate surface area is 200 Å². The molecule has 1 atom stereocenters. The third-order valence-corrected chi connectivity index (χ3v) is 7.14. The number of fused-ring (bicyclic) bond motifs is 1. The van der Waals surface area contributed by atoms with E-state index in [9.17, 15) is 14.4 Å². The monoisotopic (exact) mass is 475 g/mol. The van der Waals surface area contributed by atoms with E-state index in [4.69, 9.17) is 0 Å². The highest BCUT2D eigenvalue weighted by Gasteiger charge is 2.25. The average molecular weight is 476 g/mol. The summed E-state index contributed by atoms with van der Waals surface area (Å²) < 4.78 is 17.0. The minimum atomic E-state index is -0.403. The van der Waals surface area contributed by atoms with E-state index in [-0.39, 0.29) is 11.9 Å². The van der Waals surface area contributed by atoms with Gasteiger partial charge in [0, 0.05) is 47.9 Å². The number of carbonyl (C=O) groups excluding carboxylic acids is 1. The topological polar surface area (TPSA) is 92.1 Å². The second kappa shape index (κ2) is 8.91. The predicted octanol–water partition coefficient (Wildman–Crippen LogP) is 4.25. The summed E-state index contributed by atoms with van der Waals surface area (Å²) in [6.45, 7) is 5.07. The Hall–Kier alpha value is -3.71. The fourth-order valence-corrected chi connectivity index (χ4v) is 5.39. The lowest BCUT2D eigenvalue weighted by Gasteiger charge is -2.32. The first-order chi connectivity index (χ1) is 16.4. The Balaban J connectivity index is 1.55. The van der Waals surface area contributed by atoms with Crippen LogP contribution in [0.3, 0.4) is 0 Å². The van der Waals surface area contributed by atoms with Crippen molar-refractivity contribution in [1.82, 2.24) is 29.3 Å². The van der Waals surface area contributed by atoms with Gasteiger partial charge in [-0.2, -0.15) is 15.5 Å². The minimum absolute atomic E-state index is 0.0863. The zero-order valence-corrected chi connectivity index (χ0v) is 19.6. The zero-order chi connectivity index (χ0) is 23.8. The maximum atomic E-state index is 13.3. The van der Waals surface area contributed by atoms with E-state index < -0.39 is 5.82 Å². The van der Waals surface area contributed by atoms with Gasteiger partial charge < -0.3 is 4.90 Å². The molecule has 0 aromatic carbocycles. The van der Waals surface area contributed by atoms with Crippen LogP contribution in [0.25, 0.3) is 16.6 Å². The van der Waals surface area contributed by atoms with Crippen molar-refractivity contribution < 1.29 is 9.18 Å². The number of likely N-dealkylation sites (tertiary alicyclic amines) is 1. The molecule has 0 aliphatic carbocycles. The molecule has 10 heteroatoms. The molecule has 1 fully saturated rings. The van der Waals surface area contributed by atoms with Crippen LogP contribution >= 0.6 is 11.8 Å². The van der Waals surface area contributed by atoms with Crippen molar-refractivity contribution in [3.8, 4) is 17.2 Å². The molecule has 4 aromatic heterocycles. The van der Waals surface area contributed by atoms with E-state index in [0.717, 1.165) is 41.1 Å². The van der Waals surface area contributed by atoms with Crippen molar-refractivity contribution in [2.24, 2.45) is 0 Å². The lowest BCUT2D eigenvalue weighted by Crippen LogP contribution is -2.39. The number of nitrogens with zero attached hydrogens (tertiary/aromatic N) is 7. The van der Waals surface area contributed by atoms with Gasteiger partial charge in [0.25, 0.3) is 0 Å². The van der Waals surface area contributed by atoms with Gasteiger partial charge in [-0.25, -0.2) is 13.9 Å². The van der Waals surface area contributed by atoms with Crippen LogP contribution in [0, 0.1) is 24.1 Å². The van der Waals surface area contributed by atoms with Crippen LogP contribution in [0.5, 0.6) is 0 Å². The highest BCUT2D eigenvalue weighted by atomic mass is 32.2. The number of piperidine rings is 1. The van der Waals surface area contributed by atoms with E-state index in [1.807, 2.05) is 35.0 Å². The van der Waals surface area contributed by atoms with E-state index >= 15 is 0 Å². The van der Waals surface area contributed by atoms with Crippen LogP contribution in [0.1, 0.15) is 37.1 Å². The summed E-state index contributed by atoms with van der Waals surface area (Å²) in [6.07, 6.45) is 8.34. The van der Waals surface area contributed by atoms with Crippen molar-refractivity contribution in [1.29, 1.82) is 5.26 Å². The number of nitriles is 1. The Morgan fingerprint density at radius 2 is 2.12 bits per heavy atom. The highest BCUT2D eigenvalue weighted by Crippen LogP contribution is 2.36. The quantitative estimate of drug-likeness (QED) is 0.438. The van der Waals surface area contributed by atoms with Crippen LogP contribution in [-0.4, -0.2) is 48.3 Å². The summed E-state index contributed by atoms with van der Waals surface area (Å²) in [5.74, 6) is -0.317. The van der Waals surface area contributed by atoms with Crippen LogP contribution in [-0.2, 0) is 4.79 Å². The van der Waals surface area contributed by atoms with Gasteiger partial charge in [-0.05, 0) is 38.0 Å². The standard InChI is InChI=1S/C24H22FN7OS/c1-15-21(12-29-32(15)20-4-3-7-30(14-20)16(2)33)17-8-22(34-23-6-5-19(25)11-27-23)24-18(9-26)10-28-31(24)13-17/h5-6,8,10-13,20H,3-4,7,14H2,1-2H3/t20-/m0/s1. The number of aromatic nitrogens is 5. The molecule has 5 heterocycles. The molecule has 34 heavy (non-hydrogen) atoms. The van der Waals surface area contributed by atoms with E-state index in [1.165, 1.54) is 30.2 Å². The van der Waals surface area contributed by atoms with Gasteiger partial charge in [-0.15, -0.1) is 0 Å². The Kier molecular flexibility index (Phi) is 5.79.